The van der Waals surface area contributed by atoms with E-state index in [2.05, 4.69) is 22.6 Å². The molecule has 0 aromatic heterocycles. The van der Waals surface area contributed by atoms with Gasteiger partial charge in [0, 0.05) is 18.0 Å². The maximum Gasteiger partial charge on any atom is 0.137 e. The van der Waals surface area contributed by atoms with Gasteiger partial charge in [0.2, 0.25) is 0 Å². The molecule has 1 aromatic carbocycles. The Bertz CT molecular complexity index is 354. The van der Waals surface area contributed by atoms with Crippen LogP contribution in [0.2, 0.25) is 0 Å². The molecule has 1 aliphatic heterocycles. The average Bonchev–Trinajstić information content (AvgIpc) is 2.19. The third kappa shape index (κ3) is 1.68. The summed E-state index contributed by atoms with van der Waals surface area (Å²) >= 11 is 2.24. The highest BCUT2D eigenvalue weighted by Gasteiger charge is 2.21. The van der Waals surface area contributed by atoms with Gasteiger partial charge < -0.3 is 15.2 Å². The minimum Gasteiger partial charge on any atom is -0.497 e. The van der Waals surface area contributed by atoms with E-state index in [4.69, 9.17) is 15.2 Å². The Hall–Kier alpha value is -0.490. The Morgan fingerprint density at radius 3 is 3.07 bits per heavy atom. The van der Waals surface area contributed by atoms with Crippen molar-refractivity contribution < 1.29 is 9.47 Å². The number of hydrogen-bond donors (Lipinski definition) is 1. The summed E-state index contributed by atoms with van der Waals surface area (Å²) in [6.45, 7) is 0.705. The van der Waals surface area contributed by atoms with Gasteiger partial charge in [0.05, 0.1) is 17.3 Å². The summed E-state index contributed by atoms with van der Waals surface area (Å²) in [4.78, 5) is 0. The van der Waals surface area contributed by atoms with Crippen molar-refractivity contribution in [2.45, 2.75) is 12.5 Å². The number of ether oxygens (including phenoxy) is 2. The zero-order chi connectivity index (χ0) is 10.1. The molecule has 1 heterocycles. The second-order valence-corrected chi connectivity index (χ2v) is 4.43. The number of hydrogen-bond acceptors (Lipinski definition) is 3. The van der Waals surface area contributed by atoms with Gasteiger partial charge in [-0.3, -0.25) is 0 Å². The van der Waals surface area contributed by atoms with Gasteiger partial charge in [0.25, 0.3) is 0 Å². The van der Waals surface area contributed by atoms with Gasteiger partial charge in [-0.25, -0.2) is 0 Å². The average molecular weight is 305 g/mol. The fourth-order valence-electron chi connectivity index (χ4n) is 1.58. The molecule has 0 amide bonds. The molecule has 0 aliphatic carbocycles. The number of methoxy groups -OCH3 is 1. The van der Waals surface area contributed by atoms with Gasteiger partial charge in [-0.05, 0) is 34.7 Å². The number of nitrogens with two attached hydrogens (primary N) is 1. The first-order valence-corrected chi connectivity index (χ1v) is 5.56. The Morgan fingerprint density at radius 2 is 2.36 bits per heavy atom. The lowest BCUT2D eigenvalue weighted by atomic mass is 10.0. The molecular weight excluding hydrogens is 293 g/mol. The quantitative estimate of drug-likeness (QED) is 0.808. The zero-order valence-corrected chi connectivity index (χ0v) is 10.1. The van der Waals surface area contributed by atoms with Crippen molar-refractivity contribution in [2.24, 2.45) is 5.73 Å². The first-order chi connectivity index (χ1) is 6.72. The highest BCUT2D eigenvalue weighted by Crippen LogP contribution is 2.37. The van der Waals surface area contributed by atoms with Crippen molar-refractivity contribution in [3.05, 3.63) is 21.3 Å². The molecule has 0 saturated carbocycles. The van der Waals surface area contributed by atoms with E-state index in [-0.39, 0.29) is 6.04 Å². The fourth-order valence-corrected chi connectivity index (χ4v) is 2.35. The van der Waals surface area contributed by atoms with Crippen LogP contribution in [0.4, 0.5) is 0 Å². The minimum atomic E-state index is 0.0716. The maximum atomic E-state index is 6.00. The molecule has 76 valence electrons. The van der Waals surface area contributed by atoms with Gasteiger partial charge in [-0.1, -0.05) is 0 Å². The molecule has 0 bridgehead atoms. The summed E-state index contributed by atoms with van der Waals surface area (Å²) in [6, 6.07) is 3.99. The van der Waals surface area contributed by atoms with Gasteiger partial charge in [-0.15, -0.1) is 0 Å². The van der Waals surface area contributed by atoms with Crippen LogP contribution in [0.5, 0.6) is 11.5 Å². The molecule has 3 nitrogen and oxygen atoms in total. The van der Waals surface area contributed by atoms with E-state index < -0.39 is 0 Å². The molecule has 0 saturated heterocycles. The lowest BCUT2D eigenvalue weighted by molar-refractivity contribution is 0.265. The van der Waals surface area contributed by atoms with Crippen LogP contribution in [-0.2, 0) is 0 Å². The van der Waals surface area contributed by atoms with Crippen LogP contribution < -0.4 is 15.2 Å². The summed E-state index contributed by atoms with van der Waals surface area (Å²) in [5, 5.41) is 0. The molecule has 1 atom stereocenters. The summed E-state index contributed by atoms with van der Waals surface area (Å²) in [7, 11) is 1.66. The topological polar surface area (TPSA) is 44.5 Å². The SMILES string of the molecule is COc1cc(I)c2c(c1)[C@H](N)CCO2. The molecule has 0 unspecified atom stereocenters. The van der Waals surface area contributed by atoms with Gasteiger partial charge in [0.1, 0.15) is 11.5 Å². The summed E-state index contributed by atoms with van der Waals surface area (Å²) in [6.07, 6.45) is 0.871. The Kier molecular flexibility index (Phi) is 2.83. The lowest BCUT2D eigenvalue weighted by Crippen LogP contribution is -2.21. The van der Waals surface area contributed by atoms with Crippen LogP contribution in [0.1, 0.15) is 18.0 Å². The van der Waals surface area contributed by atoms with E-state index in [9.17, 15) is 0 Å². The standard InChI is InChI=1S/C10H12INO2/c1-13-6-4-7-9(12)2-3-14-10(7)8(11)5-6/h4-5,9H,2-3,12H2,1H3/t9-/m1/s1. The molecule has 2 N–H and O–H groups in total. The van der Waals surface area contributed by atoms with E-state index in [0.717, 1.165) is 27.1 Å². The smallest absolute Gasteiger partial charge is 0.137 e. The van der Waals surface area contributed by atoms with E-state index in [1.807, 2.05) is 12.1 Å². The van der Waals surface area contributed by atoms with Crippen molar-refractivity contribution >= 4 is 22.6 Å². The molecular formula is C10H12INO2. The molecule has 14 heavy (non-hydrogen) atoms. The predicted octanol–water partition coefficient (Wildman–Crippen LogP) is 2.08. The van der Waals surface area contributed by atoms with Crippen molar-refractivity contribution in [2.75, 3.05) is 13.7 Å². The second kappa shape index (κ2) is 3.94. The van der Waals surface area contributed by atoms with Gasteiger partial charge >= 0.3 is 0 Å². The van der Waals surface area contributed by atoms with Crippen molar-refractivity contribution in [3.63, 3.8) is 0 Å². The highest BCUT2D eigenvalue weighted by molar-refractivity contribution is 14.1. The fraction of sp³-hybridized carbons (Fsp3) is 0.400. The Morgan fingerprint density at radius 1 is 1.57 bits per heavy atom. The predicted molar refractivity (Wildman–Crippen MR) is 62.8 cm³/mol. The van der Waals surface area contributed by atoms with Crippen LogP contribution in [0.25, 0.3) is 0 Å². The van der Waals surface area contributed by atoms with E-state index in [0.29, 0.717) is 6.61 Å². The Balaban J connectivity index is 2.51. The summed E-state index contributed by atoms with van der Waals surface area (Å²) < 4.78 is 11.8. The molecule has 0 fully saturated rings. The van der Waals surface area contributed by atoms with E-state index in [1.165, 1.54) is 0 Å². The number of halogens is 1. The normalized spacial score (nSPS) is 19.8. The van der Waals surface area contributed by atoms with E-state index >= 15 is 0 Å². The van der Waals surface area contributed by atoms with Crippen molar-refractivity contribution in [1.29, 1.82) is 0 Å². The third-order valence-corrected chi connectivity index (χ3v) is 3.16. The summed E-state index contributed by atoms with van der Waals surface area (Å²) in [5.41, 5.74) is 7.06. The molecule has 2 rings (SSSR count). The van der Waals surface area contributed by atoms with Crippen LogP contribution >= 0.6 is 22.6 Å². The van der Waals surface area contributed by atoms with Crippen LogP contribution in [-0.4, -0.2) is 13.7 Å². The van der Waals surface area contributed by atoms with Gasteiger partial charge in [-0.2, -0.15) is 0 Å². The molecule has 0 spiro atoms. The first-order valence-electron chi connectivity index (χ1n) is 4.48. The van der Waals surface area contributed by atoms with E-state index in [1.54, 1.807) is 7.11 Å². The van der Waals surface area contributed by atoms with Crippen molar-refractivity contribution in [1.82, 2.24) is 0 Å². The molecule has 0 radical (unpaired) electrons. The lowest BCUT2D eigenvalue weighted by Gasteiger charge is -2.24. The first kappa shape index (κ1) is 10.0. The van der Waals surface area contributed by atoms with Crippen molar-refractivity contribution in [3.8, 4) is 11.5 Å². The minimum absolute atomic E-state index is 0.0716. The molecule has 4 heteroatoms. The molecule has 1 aromatic rings. The summed E-state index contributed by atoms with van der Waals surface area (Å²) in [5.74, 6) is 1.76. The van der Waals surface area contributed by atoms with Crippen LogP contribution in [0, 0.1) is 3.57 Å². The zero-order valence-electron chi connectivity index (χ0n) is 7.92. The van der Waals surface area contributed by atoms with Crippen LogP contribution in [0.15, 0.2) is 12.1 Å². The van der Waals surface area contributed by atoms with Crippen LogP contribution in [0.3, 0.4) is 0 Å². The second-order valence-electron chi connectivity index (χ2n) is 3.27. The number of benzene rings is 1. The maximum absolute atomic E-state index is 6.00. The highest BCUT2D eigenvalue weighted by atomic mass is 127. The largest absolute Gasteiger partial charge is 0.497 e. The number of fused-ring (bicyclic) bond motifs is 1. The third-order valence-electron chi connectivity index (χ3n) is 2.36. The number of rotatable bonds is 1. The molecule has 1 aliphatic rings. The van der Waals surface area contributed by atoms with Gasteiger partial charge in [0.15, 0.2) is 0 Å². The Labute approximate surface area is 96.7 Å². The monoisotopic (exact) mass is 305 g/mol.